The third-order valence-electron chi connectivity index (χ3n) is 2.51. The van der Waals surface area contributed by atoms with Crippen molar-refractivity contribution < 1.29 is 4.79 Å². The average Bonchev–Trinajstić information content (AvgIpc) is 2.73. The number of aryl methyl sites for hydroxylation is 1. The van der Waals surface area contributed by atoms with Crippen LogP contribution in [0, 0.1) is 10.5 Å². The Kier molecular flexibility index (Phi) is 4.17. The molecule has 0 saturated carbocycles. The molecule has 2 aromatic rings. The summed E-state index contributed by atoms with van der Waals surface area (Å²) < 4.78 is 1.13. The summed E-state index contributed by atoms with van der Waals surface area (Å²) in [6.07, 6.45) is 0. The number of rotatable bonds is 3. The fourth-order valence-electron chi connectivity index (χ4n) is 1.45. The monoisotopic (exact) mass is 357 g/mol. The van der Waals surface area contributed by atoms with Crippen LogP contribution in [0.5, 0.6) is 0 Å². The second-order valence-corrected chi connectivity index (χ2v) is 5.76. The van der Waals surface area contributed by atoms with Crippen LogP contribution in [0.25, 0.3) is 0 Å². The number of thiophene rings is 1. The second kappa shape index (κ2) is 5.64. The van der Waals surface area contributed by atoms with Crippen LogP contribution in [0.4, 0.5) is 0 Å². The van der Waals surface area contributed by atoms with Crippen LogP contribution < -0.4 is 5.32 Å². The molecule has 1 N–H and O–H groups in total. The molecule has 0 aliphatic heterocycles. The highest BCUT2D eigenvalue weighted by Crippen LogP contribution is 2.13. The molecule has 0 unspecified atom stereocenters. The van der Waals surface area contributed by atoms with Crippen molar-refractivity contribution in [2.24, 2.45) is 0 Å². The van der Waals surface area contributed by atoms with E-state index < -0.39 is 0 Å². The maximum absolute atomic E-state index is 11.9. The van der Waals surface area contributed by atoms with Gasteiger partial charge in [-0.15, -0.1) is 0 Å². The molecule has 88 valence electrons. The Morgan fingerprint density at radius 3 is 2.59 bits per heavy atom. The summed E-state index contributed by atoms with van der Waals surface area (Å²) in [4.78, 5) is 11.9. The third kappa shape index (κ3) is 3.29. The van der Waals surface area contributed by atoms with Gasteiger partial charge in [0.2, 0.25) is 0 Å². The molecular weight excluding hydrogens is 345 g/mol. The first-order valence-electron chi connectivity index (χ1n) is 5.22. The third-order valence-corrected chi connectivity index (χ3v) is 4.14. The highest BCUT2D eigenvalue weighted by Gasteiger charge is 2.06. The van der Waals surface area contributed by atoms with Gasteiger partial charge >= 0.3 is 0 Å². The minimum atomic E-state index is -0.0213. The largest absolute Gasteiger partial charge is 0.348 e. The molecule has 1 amide bonds. The Bertz CT molecular complexity index is 518. The quantitative estimate of drug-likeness (QED) is 0.836. The number of halogens is 1. The molecular formula is C13H12INOS. The topological polar surface area (TPSA) is 29.1 Å². The van der Waals surface area contributed by atoms with Crippen molar-refractivity contribution in [3.05, 3.63) is 55.3 Å². The van der Waals surface area contributed by atoms with Crippen molar-refractivity contribution in [3.8, 4) is 0 Å². The molecule has 17 heavy (non-hydrogen) atoms. The van der Waals surface area contributed by atoms with E-state index in [1.165, 1.54) is 11.1 Å². The van der Waals surface area contributed by atoms with Crippen molar-refractivity contribution in [2.75, 3.05) is 0 Å². The van der Waals surface area contributed by atoms with E-state index in [0.29, 0.717) is 12.1 Å². The van der Waals surface area contributed by atoms with Crippen LogP contribution in [-0.4, -0.2) is 5.91 Å². The van der Waals surface area contributed by atoms with Gasteiger partial charge in [0.05, 0.1) is 0 Å². The van der Waals surface area contributed by atoms with Gasteiger partial charge in [-0.05, 0) is 75.7 Å². The lowest BCUT2D eigenvalue weighted by atomic mass is 10.2. The van der Waals surface area contributed by atoms with Crippen molar-refractivity contribution >= 4 is 39.8 Å². The van der Waals surface area contributed by atoms with E-state index >= 15 is 0 Å². The molecule has 0 atom stereocenters. The van der Waals surface area contributed by atoms with Gasteiger partial charge in [0.25, 0.3) is 5.91 Å². The number of carbonyl (C=O) groups excluding carboxylic acids is 1. The Hall–Kier alpha value is -0.880. The van der Waals surface area contributed by atoms with Crippen molar-refractivity contribution in [1.82, 2.24) is 5.32 Å². The predicted octanol–water partition coefficient (Wildman–Crippen LogP) is 3.59. The van der Waals surface area contributed by atoms with Crippen LogP contribution in [0.1, 0.15) is 21.5 Å². The van der Waals surface area contributed by atoms with E-state index in [1.807, 2.05) is 24.3 Å². The maximum atomic E-state index is 11.9. The summed E-state index contributed by atoms with van der Waals surface area (Å²) in [5.41, 5.74) is 3.13. The minimum absolute atomic E-state index is 0.0213. The van der Waals surface area contributed by atoms with Gasteiger partial charge in [-0.2, -0.15) is 11.3 Å². The van der Waals surface area contributed by atoms with E-state index in [0.717, 1.165) is 3.57 Å². The van der Waals surface area contributed by atoms with Gasteiger partial charge < -0.3 is 5.32 Å². The first-order valence-corrected chi connectivity index (χ1v) is 7.24. The zero-order valence-corrected chi connectivity index (χ0v) is 12.3. The summed E-state index contributed by atoms with van der Waals surface area (Å²) in [5.74, 6) is -0.0213. The zero-order valence-electron chi connectivity index (χ0n) is 9.37. The molecule has 0 aliphatic carbocycles. The first-order chi connectivity index (χ1) is 8.16. The lowest BCUT2D eigenvalue weighted by molar-refractivity contribution is 0.0951. The van der Waals surface area contributed by atoms with Gasteiger partial charge in [-0.1, -0.05) is 0 Å². The van der Waals surface area contributed by atoms with Gasteiger partial charge in [0.15, 0.2) is 0 Å². The molecule has 0 fully saturated rings. The van der Waals surface area contributed by atoms with E-state index in [1.54, 1.807) is 11.3 Å². The maximum Gasteiger partial charge on any atom is 0.251 e. The van der Waals surface area contributed by atoms with E-state index in [4.69, 9.17) is 0 Å². The van der Waals surface area contributed by atoms with Crippen LogP contribution >= 0.6 is 33.9 Å². The zero-order chi connectivity index (χ0) is 12.3. The molecule has 2 nitrogen and oxygen atoms in total. The number of nitrogens with one attached hydrogen (secondary N) is 1. The minimum Gasteiger partial charge on any atom is -0.348 e. The van der Waals surface area contributed by atoms with Crippen LogP contribution in [-0.2, 0) is 6.54 Å². The number of benzene rings is 1. The Morgan fingerprint density at radius 2 is 2.00 bits per heavy atom. The highest BCUT2D eigenvalue weighted by molar-refractivity contribution is 14.1. The summed E-state index contributed by atoms with van der Waals surface area (Å²) in [6, 6.07) is 7.56. The van der Waals surface area contributed by atoms with Gasteiger partial charge in [-0.3, -0.25) is 4.79 Å². The summed E-state index contributed by atoms with van der Waals surface area (Å²) in [7, 11) is 0. The predicted molar refractivity (Wildman–Crippen MR) is 79.4 cm³/mol. The molecule has 0 aliphatic rings. The van der Waals surface area contributed by atoms with Crippen LogP contribution in [0.3, 0.4) is 0 Å². The SMILES string of the molecule is Cc1cscc1CNC(=O)c1ccc(I)cc1. The highest BCUT2D eigenvalue weighted by atomic mass is 127. The molecule has 4 heteroatoms. The van der Waals surface area contributed by atoms with E-state index in [-0.39, 0.29) is 5.91 Å². The van der Waals surface area contributed by atoms with E-state index in [2.05, 4.69) is 45.6 Å². The van der Waals surface area contributed by atoms with Crippen molar-refractivity contribution in [1.29, 1.82) is 0 Å². The van der Waals surface area contributed by atoms with Crippen molar-refractivity contribution in [2.45, 2.75) is 13.5 Å². The number of amides is 1. The van der Waals surface area contributed by atoms with Gasteiger partial charge in [0, 0.05) is 15.7 Å². The smallest absolute Gasteiger partial charge is 0.251 e. The molecule has 0 spiro atoms. The van der Waals surface area contributed by atoms with Crippen LogP contribution in [0.15, 0.2) is 35.0 Å². The summed E-state index contributed by atoms with van der Waals surface area (Å²) >= 11 is 3.89. The normalized spacial score (nSPS) is 10.2. The second-order valence-electron chi connectivity index (χ2n) is 3.77. The molecule has 0 radical (unpaired) electrons. The molecule has 0 saturated heterocycles. The fourth-order valence-corrected chi connectivity index (χ4v) is 2.66. The fraction of sp³-hybridized carbons (Fsp3) is 0.154. The number of carbonyl (C=O) groups is 1. The first kappa shape index (κ1) is 12.6. The Morgan fingerprint density at radius 1 is 1.29 bits per heavy atom. The molecule has 0 bridgehead atoms. The van der Waals surface area contributed by atoms with Gasteiger partial charge in [0.1, 0.15) is 0 Å². The lowest BCUT2D eigenvalue weighted by Crippen LogP contribution is -2.22. The van der Waals surface area contributed by atoms with E-state index in [9.17, 15) is 4.79 Å². The number of hydrogen-bond donors (Lipinski definition) is 1. The number of hydrogen-bond acceptors (Lipinski definition) is 2. The standard InChI is InChI=1S/C13H12INOS/c1-9-7-17-8-11(9)6-15-13(16)10-2-4-12(14)5-3-10/h2-5,7-8H,6H2,1H3,(H,15,16). The molecule has 2 rings (SSSR count). The molecule has 1 aromatic heterocycles. The Balaban J connectivity index is 1.98. The average molecular weight is 357 g/mol. The summed E-state index contributed by atoms with van der Waals surface area (Å²) in [6.45, 7) is 2.66. The lowest BCUT2D eigenvalue weighted by Gasteiger charge is -2.05. The molecule has 1 heterocycles. The van der Waals surface area contributed by atoms with Gasteiger partial charge in [-0.25, -0.2) is 0 Å². The molecule has 1 aromatic carbocycles. The summed E-state index contributed by atoms with van der Waals surface area (Å²) in [5, 5.41) is 7.09. The van der Waals surface area contributed by atoms with Crippen LogP contribution in [0.2, 0.25) is 0 Å². The van der Waals surface area contributed by atoms with Crippen molar-refractivity contribution in [3.63, 3.8) is 0 Å². The Labute approximate surface area is 118 Å².